The summed E-state index contributed by atoms with van der Waals surface area (Å²) in [4.78, 5) is 24.6. The van der Waals surface area contributed by atoms with Crippen LogP contribution in [0, 0.1) is 5.82 Å². The molecule has 0 saturated heterocycles. The van der Waals surface area contributed by atoms with Crippen molar-refractivity contribution in [1.29, 1.82) is 0 Å². The molecule has 0 atom stereocenters. The number of nitrogens with zero attached hydrogens (tertiary/aromatic N) is 1. The molecule has 0 spiro atoms. The van der Waals surface area contributed by atoms with Crippen molar-refractivity contribution in [2.45, 2.75) is 6.42 Å². The van der Waals surface area contributed by atoms with Gasteiger partial charge in [0.1, 0.15) is 12.4 Å². The van der Waals surface area contributed by atoms with Crippen molar-refractivity contribution in [2.24, 2.45) is 7.05 Å². The summed E-state index contributed by atoms with van der Waals surface area (Å²) in [6.45, 7) is -0.391. The highest BCUT2D eigenvalue weighted by Crippen LogP contribution is 2.21. The lowest BCUT2D eigenvalue weighted by atomic mass is 10.0. The third-order valence-corrected chi connectivity index (χ3v) is 4.70. The van der Waals surface area contributed by atoms with Gasteiger partial charge in [0.25, 0.3) is 5.56 Å². The Labute approximate surface area is 160 Å². The third-order valence-electron chi connectivity index (χ3n) is 3.64. The van der Waals surface area contributed by atoms with Crippen molar-refractivity contribution in [3.63, 3.8) is 0 Å². The Kier molecular flexibility index (Phi) is 7.06. The van der Waals surface area contributed by atoms with Crippen LogP contribution < -0.4 is 5.56 Å². The summed E-state index contributed by atoms with van der Waals surface area (Å²) in [6, 6.07) is 6.06. The van der Waals surface area contributed by atoms with Gasteiger partial charge in [0.2, 0.25) is 0 Å². The quantitative estimate of drug-likeness (QED) is 0.492. The number of aromatic nitrogens is 1. The second-order valence-corrected chi connectivity index (χ2v) is 7.10. The summed E-state index contributed by atoms with van der Waals surface area (Å²) in [6.07, 6.45) is 0.0825. The first-order valence-corrected chi connectivity index (χ1v) is 8.98. The fourth-order valence-electron chi connectivity index (χ4n) is 2.34. The number of rotatable bonds is 7. The van der Waals surface area contributed by atoms with E-state index in [-0.39, 0.29) is 47.6 Å². The lowest BCUT2D eigenvalue weighted by Gasteiger charge is -2.15. The Morgan fingerprint density at radius 3 is 2.68 bits per heavy atom. The number of benzene rings is 1. The van der Waals surface area contributed by atoms with Crippen LogP contribution in [0.25, 0.3) is 0 Å². The van der Waals surface area contributed by atoms with Gasteiger partial charge in [-0.1, -0.05) is 22.0 Å². The molecule has 134 valence electrons. The van der Waals surface area contributed by atoms with Gasteiger partial charge in [0.15, 0.2) is 5.78 Å². The first kappa shape index (κ1) is 20.0. The Hall–Kier alpha value is -1.35. The van der Waals surface area contributed by atoms with Gasteiger partial charge < -0.3 is 14.4 Å². The van der Waals surface area contributed by atoms with Crippen LogP contribution in [0.1, 0.15) is 21.6 Å². The standard InChI is InChI=1S/C17H16Br2FNO4/c1-21-15(6-10-2-3-11(18)7-14(10)20)12(8-13(19)17(21)24)16(23)9-25-5-4-22/h2-3,7-8,22H,4-6,9H2,1H3. The molecule has 0 aliphatic carbocycles. The van der Waals surface area contributed by atoms with E-state index in [1.54, 1.807) is 12.1 Å². The van der Waals surface area contributed by atoms with Crippen LogP contribution in [-0.4, -0.2) is 35.3 Å². The number of pyridine rings is 1. The Morgan fingerprint density at radius 2 is 2.04 bits per heavy atom. The minimum atomic E-state index is -0.431. The molecule has 2 rings (SSSR count). The Bertz CT molecular complexity index is 851. The van der Waals surface area contributed by atoms with E-state index in [0.29, 0.717) is 15.7 Å². The second-order valence-electron chi connectivity index (χ2n) is 5.33. The van der Waals surface area contributed by atoms with Gasteiger partial charge in [0.05, 0.1) is 17.7 Å². The van der Waals surface area contributed by atoms with Crippen molar-refractivity contribution in [3.8, 4) is 0 Å². The van der Waals surface area contributed by atoms with Crippen molar-refractivity contribution in [3.05, 3.63) is 66.2 Å². The number of halogens is 3. The molecule has 5 nitrogen and oxygen atoms in total. The third kappa shape index (κ3) is 4.84. The zero-order chi connectivity index (χ0) is 18.6. The molecule has 2 aromatic rings. The number of aliphatic hydroxyl groups excluding tert-OH is 1. The van der Waals surface area contributed by atoms with E-state index in [1.165, 1.54) is 23.7 Å². The van der Waals surface area contributed by atoms with Crippen LogP contribution in [0.2, 0.25) is 0 Å². The molecule has 0 amide bonds. The summed E-state index contributed by atoms with van der Waals surface area (Å²) >= 11 is 6.34. The van der Waals surface area contributed by atoms with Crippen LogP contribution in [0.5, 0.6) is 0 Å². The van der Waals surface area contributed by atoms with E-state index in [1.807, 2.05) is 0 Å². The normalized spacial score (nSPS) is 10.9. The topological polar surface area (TPSA) is 68.5 Å². The molecule has 0 fully saturated rings. The lowest BCUT2D eigenvalue weighted by Crippen LogP contribution is -2.26. The molecule has 25 heavy (non-hydrogen) atoms. The van der Waals surface area contributed by atoms with Gasteiger partial charge >= 0.3 is 0 Å². The van der Waals surface area contributed by atoms with E-state index in [0.717, 1.165) is 0 Å². The highest BCUT2D eigenvalue weighted by Gasteiger charge is 2.19. The van der Waals surface area contributed by atoms with Crippen molar-refractivity contribution < 1.29 is 19.0 Å². The zero-order valence-corrected chi connectivity index (χ0v) is 16.6. The molecule has 0 unspecified atom stereocenters. The Balaban J connectivity index is 2.45. The monoisotopic (exact) mass is 475 g/mol. The molecular formula is C17H16Br2FNO4. The largest absolute Gasteiger partial charge is 0.394 e. The van der Waals surface area contributed by atoms with Crippen LogP contribution in [0.4, 0.5) is 4.39 Å². The SMILES string of the molecule is Cn1c(Cc2ccc(Br)cc2F)c(C(=O)COCCO)cc(Br)c1=O. The fraction of sp³-hybridized carbons (Fsp3) is 0.294. The lowest BCUT2D eigenvalue weighted by molar-refractivity contribution is 0.0662. The first-order valence-electron chi connectivity index (χ1n) is 7.39. The van der Waals surface area contributed by atoms with Crippen LogP contribution in [-0.2, 0) is 18.2 Å². The number of hydrogen-bond donors (Lipinski definition) is 1. The predicted molar refractivity (Wildman–Crippen MR) is 98.5 cm³/mol. The maximum absolute atomic E-state index is 14.2. The van der Waals surface area contributed by atoms with Crippen molar-refractivity contribution in [1.82, 2.24) is 4.57 Å². The molecule has 1 heterocycles. The molecule has 0 aliphatic rings. The van der Waals surface area contributed by atoms with Crippen LogP contribution in [0.3, 0.4) is 0 Å². The van der Waals surface area contributed by atoms with E-state index >= 15 is 0 Å². The zero-order valence-electron chi connectivity index (χ0n) is 13.4. The summed E-state index contributed by atoms with van der Waals surface area (Å²) < 4.78 is 21.4. The molecule has 0 aliphatic heterocycles. The van der Waals surface area contributed by atoms with Crippen molar-refractivity contribution >= 4 is 37.6 Å². The van der Waals surface area contributed by atoms with Gasteiger partial charge in [-0.3, -0.25) is 9.59 Å². The van der Waals surface area contributed by atoms with E-state index in [9.17, 15) is 14.0 Å². The second kappa shape index (κ2) is 8.84. The highest BCUT2D eigenvalue weighted by atomic mass is 79.9. The smallest absolute Gasteiger partial charge is 0.264 e. The number of hydrogen-bond acceptors (Lipinski definition) is 4. The molecule has 0 radical (unpaired) electrons. The van der Waals surface area contributed by atoms with E-state index < -0.39 is 5.82 Å². The molecule has 0 saturated carbocycles. The number of carbonyl (C=O) groups is 1. The Morgan fingerprint density at radius 1 is 1.32 bits per heavy atom. The van der Waals surface area contributed by atoms with Gasteiger partial charge in [-0.25, -0.2) is 4.39 Å². The van der Waals surface area contributed by atoms with E-state index in [4.69, 9.17) is 9.84 Å². The number of Topliss-reactive ketones (excluding diaryl/α,β-unsaturated/α-hetero) is 1. The number of ketones is 1. The fourth-order valence-corrected chi connectivity index (χ4v) is 3.17. The van der Waals surface area contributed by atoms with Gasteiger partial charge in [-0.2, -0.15) is 0 Å². The van der Waals surface area contributed by atoms with Gasteiger partial charge in [-0.15, -0.1) is 0 Å². The molecule has 8 heteroatoms. The number of ether oxygens (including phenoxy) is 1. The number of aliphatic hydroxyl groups is 1. The van der Waals surface area contributed by atoms with Crippen molar-refractivity contribution in [2.75, 3.05) is 19.8 Å². The minimum Gasteiger partial charge on any atom is -0.394 e. The van der Waals surface area contributed by atoms with Gasteiger partial charge in [-0.05, 0) is 39.7 Å². The summed E-state index contributed by atoms with van der Waals surface area (Å²) in [7, 11) is 1.53. The average molecular weight is 477 g/mol. The summed E-state index contributed by atoms with van der Waals surface area (Å²) in [5.74, 6) is -0.781. The van der Waals surface area contributed by atoms with Crippen LogP contribution in [0.15, 0.2) is 38.0 Å². The molecular weight excluding hydrogens is 461 g/mol. The molecule has 1 N–H and O–H groups in total. The predicted octanol–water partition coefficient (Wildman–Crippen LogP) is 2.83. The summed E-state index contributed by atoms with van der Waals surface area (Å²) in [5.41, 5.74) is 0.715. The molecule has 0 bridgehead atoms. The van der Waals surface area contributed by atoms with Gasteiger partial charge in [0, 0.05) is 29.2 Å². The number of carbonyl (C=O) groups excluding carboxylic acids is 1. The molecule has 1 aromatic heterocycles. The minimum absolute atomic E-state index is 0.0371. The van der Waals surface area contributed by atoms with E-state index in [2.05, 4.69) is 31.9 Å². The molecule has 1 aromatic carbocycles. The van der Waals surface area contributed by atoms with Crippen LogP contribution >= 0.6 is 31.9 Å². The maximum Gasteiger partial charge on any atom is 0.264 e. The maximum atomic E-state index is 14.2. The highest BCUT2D eigenvalue weighted by molar-refractivity contribution is 9.10. The first-order chi connectivity index (χ1) is 11.8. The summed E-state index contributed by atoms with van der Waals surface area (Å²) in [5, 5.41) is 8.74. The average Bonchev–Trinajstić information content (AvgIpc) is 2.57.